The molecule has 4 heterocycles. The summed E-state index contributed by atoms with van der Waals surface area (Å²) in [5.74, 6) is 3.57. The minimum absolute atomic E-state index is 0.00777. The molecule has 9 nitrogen and oxygen atoms in total. The van der Waals surface area contributed by atoms with Crippen molar-refractivity contribution >= 4 is 17.5 Å². The van der Waals surface area contributed by atoms with Crippen LogP contribution in [-0.4, -0.2) is 64.0 Å². The van der Waals surface area contributed by atoms with Gasteiger partial charge in [0.15, 0.2) is 11.5 Å². The summed E-state index contributed by atoms with van der Waals surface area (Å²) < 4.78 is 7.01. The first-order chi connectivity index (χ1) is 15.1. The van der Waals surface area contributed by atoms with Crippen LogP contribution in [-0.2, 0) is 13.0 Å². The third-order valence-electron chi connectivity index (χ3n) is 6.33. The Balaban J connectivity index is 1.17. The summed E-state index contributed by atoms with van der Waals surface area (Å²) in [7, 11) is 1.65. The van der Waals surface area contributed by atoms with E-state index in [4.69, 9.17) is 9.84 Å². The molecule has 2 unspecified atom stereocenters. The van der Waals surface area contributed by atoms with E-state index in [1.165, 1.54) is 0 Å². The Kier molecular flexibility index (Phi) is 5.09. The van der Waals surface area contributed by atoms with Gasteiger partial charge in [-0.25, -0.2) is 4.79 Å². The average Bonchev–Trinajstić information content (AvgIpc) is 3.50. The topological polar surface area (TPSA) is 87.9 Å². The van der Waals surface area contributed by atoms with E-state index in [-0.39, 0.29) is 6.03 Å². The second-order valence-electron chi connectivity index (χ2n) is 8.27. The van der Waals surface area contributed by atoms with Crippen molar-refractivity contribution in [2.24, 2.45) is 11.8 Å². The van der Waals surface area contributed by atoms with Crippen LogP contribution < -0.4 is 15.0 Å². The van der Waals surface area contributed by atoms with E-state index >= 15 is 0 Å². The fourth-order valence-corrected chi connectivity index (χ4v) is 4.59. The van der Waals surface area contributed by atoms with Crippen LogP contribution in [0.3, 0.4) is 0 Å². The molecule has 0 radical (unpaired) electrons. The first kappa shape index (κ1) is 19.6. The zero-order valence-corrected chi connectivity index (χ0v) is 17.9. The maximum absolute atomic E-state index is 12.7. The lowest BCUT2D eigenvalue weighted by Crippen LogP contribution is -2.40. The van der Waals surface area contributed by atoms with Gasteiger partial charge in [0.25, 0.3) is 0 Å². The normalized spacial score (nSPS) is 20.3. The molecule has 2 saturated heterocycles. The Morgan fingerprint density at radius 1 is 1.06 bits per heavy atom. The van der Waals surface area contributed by atoms with E-state index in [2.05, 4.69) is 27.3 Å². The highest BCUT2D eigenvalue weighted by molar-refractivity contribution is 5.74. The lowest BCUT2D eigenvalue weighted by Gasteiger charge is -2.22. The SMILES string of the molecule is CCc1nnc2ccc(N3CC4CN(C(=O)NCc5ccc(OC)cc5)CC4C3)nn12. The number of benzene rings is 1. The number of anilines is 1. The number of methoxy groups -OCH3 is 1. The van der Waals surface area contributed by atoms with Gasteiger partial charge in [-0.3, -0.25) is 0 Å². The maximum Gasteiger partial charge on any atom is 0.317 e. The van der Waals surface area contributed by atoms with Crippen LogP contribution in [0.15, 0.2) is 36.4 Å². The third-order valence-corrected chi connectivity index (χ3v) is 6.33. The van der Waals surface area contributed by atoms with Crippen molar-refractivity contribution in [3.05, 3.63) is 47.8 Å². The molecule has 0 spiro atoms. The van der Waals surface area contributed by atoms with Gasteiger partial charge >= 0.3 is 6.03 Å². The zero-order valence-electron chi connectivity index (χ0n) is 17.9. The number of aromatic nitrogens is 4. The van der Waals surface area contributed by atoms with Gasteiger partial charge in [-0.1, -0.05) is 19.1 Å². The Hall–Kier alpha value is -3.36. The van der Waals surface area contributed by atoms with Gasteiger partial charge in [-0.2, -0.15) is 4.52 Å². The number of carbonyl (C=O) groups excluding carboxylic acids is 1. The van der Waals surface area contributed by atoms with Crippen LogP contribution in [0.1, 0.15) is 18.3 Å². The molecule has 1 aromatic carbocycles. The molecule has 2 aromatic heterocycles. The van der Waals surface area contributed by atoms with Crippen molar-refractivity contribution in [3.8, 4) is 5.75 Å². The van der Waals surface area contributed by atoms with Gasteiger partial charge in [-0.05, 0) is 29.8 Å². The maximum atomic E-state index is 12.7. The largest absolute Gasteiger partial charge is 0.497 e. The summed E-state index contributed by atoms with van der Waals surface area (Å²) in [6.07, 6.45) is 0.795. The number of hydrogen-bond donors (Lipinski definition) is 1. The van der Waals surface area contributed by atoms with E-state index in [0.29, 0.717) is 18.4 Å². The van der Waals surface area contributed by atoms with Crippen LogP contribution in [0.25, 0.3) is 5.65 Å². The molecule has 2 fully saturated rings. The molecule has 2 amide bonds. The quantitative estimate of drug-likeness (QED) is 0.678. The zero-order chi connectivity index (χ0) is 21.4. The molecule has 2 aliphatic heterocycles. The number of hydrogen-bond acceptors (Lipinski definition) is 6. The van der Waals surface area contributed by atoms with Crippen molar-refractivity contribution < 1.29 is 9.53 Å². The highest BCUT2D eigenvalue weighted by Gasteiger charge is 2.42. The second kappa shape index (κ2) is 8.05. The molecule has 5 rings (SSSR count). The molecule has 31 heavy (non-hydrogen) atoms. The standard InChI is InChI=1S/C22H27N7O2/c1-3-19-24-25-20-8-9-21(26-29(19)20)27-11-16-13-28(14-17(16)12-27)22(30)23-10-15-4-6-18(31-2)7-5-15/h4-9,16-17H,3,10-14H2,1-2H3,(H,23,30). The number of likely N-dealkylation sites (tertiary alicyclic amines) is 1. The number of aryl methyl sites for hydroxylation is 1. The number of rotatable bonds is 5. The van der Waals surface area contributed by atoms with E-state index < -0.39 is 0 Å². The summed E-state index contributed by atoms with van der Waals surface area (Å²) in [6, 6.07) is 11.8. The molecule has 2 aliphatic rings. The van der Waals surface area contributed by atoms with Gasteiger partial charge in [0.05, 0.1) is 7.11 Å². The molecular weight excluding hydrogens is 394 g/mol. The van der Waals surface area contributed by atoms with Crippen LogP contribution in [0, 0.1) is 11.8 Å². The molecule has 1 N–H and O–H groups in total. The highest BCUT2D eigenvalue weighted by Crippen LogP contribution is 2.33. The molecule has 2 atom stereocenters. The lowest BCUT2D eigenvalue weighted by atomic mass is 10.0. The molecule has 0 saturated carbocycles. The van der Waals surface area contributed by atoms with Crippen LogP contribution in [0.5, 0.6) is 5.75 Å². The fraction of sp³-hybridized carbons (Fsp3) is 0.455. The van der Waals surface area contributed by atoms with E-state index in [9.17, 15) is 4.79 Å². The summed E-state index contributed by atoms with van der Waals surface area (Å²) in [5.41, 5.74) is 1.83. The molecular formula is C22H27N7O2. The second-order valence-corrected chi connectivity index (χ2v) is 8.27. The van der Waals surface area contributed by atoms with Crippen LogP contribution >= 0.6 is 0 Å². The van der Waals surface area contributed by atoms with E-state index in [1.54, 1.807) is 7.11 Å². The van der Waals surface area contributed by atoms with E-state index in [1.807, 2.05) is 45.8 Å². The van der Waals surface area contributed by atoms with Crippen molar-refractivity contribution in [2.75, 3.05) is 38.2 Å². The van der Waals surface area contributed by atoms with Crippen LogP contribution in [0.4, 0.5) is 10.6 Å². The predicted octanol–water partition coefficient (Wildman–Crippen LogP) is 1.97. The molecule has 9 heteroatoms. The minimum Gasteiger partial charge on any atom is -0.497 e. The van der Waals surface area contributed by atoms with Gasteiger partial charge in [-0.15, -0.1) is 15.3 Å². The first-order valence-electron chi connectivity index (χ1n) is 10.8. The summed E-state index contributed by atoms with van der Waals surface area (Å²) >= 11 is 0. The van der Waals surface area contributed by atoms with Crippen molar-refractivity contribution in [2.45, 2.75) is 19.9 Å². The molecule has 0 aliphatic carbocycles. The number of ether oxygens (including phenoxy) is 1. The average molecular weight is 422 g/mol. The highest BCUT2D eigenvalue weighted by atomic mass is 16.5. The number of fused-ring (bicyclic) bond motifs is 2. The molecule has 0 bridgehead atoms. The van der Waals surface area contributed by atoms with Gasteiger partial charge in [0.1, 0.15) is 11.6 Å². The first-order valence-corrected chi connectivity index (χ1v) is 10.8. The summed E-state index contributed by atoms with van der Waals surface area (Å²) in [6.45, 7) is 5.96. The van der Waals surface area contributed by atoms with Gasteiger partial charge < -0.3 is 19.9 Å². The third kappa shape index (κ3) is 3.75. The number of nitrogens with zero attached hydrogens (tertiary/aromatic N) is 6. The number of urea groups is 1. The smallest absolute Gasteiger partial charge is 0.317 e. The van der Waals surface area contributed by atoms with Crippen molar-refractivity contribution in [3.63, 3.8) is 0 Å². The van der Waals surface area contributed by atoms with Crippen molar-refractivity contribution in [1.82, 2.24) is 30.0 Å². The van der Waals surface area contributed by atoms with Crippen LogP contribution in [0.2, 0.25) is 0 Å². The Morgan fingerprint density at radius 2 is 1.81 bits per heavy atom. The molecule has 3 aromatic rings. The van der Waals surface area contributed by atoms with Crippen molar-refractivity contribution in [1.29, 1.82) is 0 Å². The number of amides is 2. The van der Waals surface area contributed by atoms with E-state index in [0.717, 1.165) is 61.2 Å². The Bertz CT molecular complexity index is 1070. The Morgan fingerprint density at radius 3 is 2.48 bits per heavy atom. The number of carbonyl (C=O) groups is 1. The molecule has 162 valence electrons. The monoisotopic (exact) mass is 421 g/mol. The summed E-state index contributed by atoms with van der Waals surface area (Å²) in [4.78, 5) is 16.9. The lowest BCUT2D eigenvalue weighted by molar-refractivity contribution is 0.205. The fourth-order valence-electron chi connectivity index (χ4n) is 4.59. The predicted molar refractivity (Wildman–Crippen MR) is 116 cm³/mol. The number of nitrogens with one attached hydrogen (secondary N) is 1. The minimum atomic E-state index is 0.00777. The Labute approximate surface area is 181 Å². The van der Waals surface area contributed by atoms with Gasteiger partial charge in [0, 0.05) is 51.0 Å². The van der Waals surface area contributed by atoms with Gasteiger partial charge in [0.2, 0.25) is 0 Å². The summed E-state index contributed by atoms with van der Waals surface area (Å²) in [5, 5.41) is 16.2.